The van der Waals surface area contributed by atoms with Crippen LogP contribution in [0.5, 0.6) is 0 Å². The average molecular weight is 421 g/mol. The van der Waals surface area contributed by atoms with Crippen LogP contribution in [-0.4, -0.2) is 57.5 Å². The summed E-state index contributed by atoms with van der Waals surface area (Å²) in [4.78, 5) is 27.8. The van der Waals surface area contributed by atoms with Crippen molar-refractivity contribution < 1.29 is 9.53 Å². The van der Waals surface area contributed by atoms with Crippen molar-refractivity contribution in [3.63, 3.8) is 0 Å². The lowest BCUT2D eigenvalue weighted by atomic mass is 9.83. The van der Waals surface area contributed by atoms with E-state index in [1.54, 1.807) is 29.9 Å². The molecule has 0 aliphatic carbocycles. The maximum atomic E-state index is 13.8. The van der Waals surface area contributed by atoms with Gasteiger partial charge in [-0.1, -0.05) is 12.1 Å². The highest BCUT2D eigenvalue weighted by Crippen LogP contribution is 2.42. The van der Waals surface area contributed by atoms with Crippen molar-refractivity contribution in [1.82, 2.24) is 19.8 Å². The molecule has 154 valence electrons. The van der Waals surface area contributed by atoms with E-state index in [0.29, 0.717) is 26.2 Å². The van der Waals surface area contributed by atoms with E-state index in [9.17, 15) is 4.79 Å². The summed E-state index contributed by atoms with van der Waals surface area (Å²) in [6, 6.07) is 12.1. The van der Waals surface area contributed by atoms with E-state index < -0.39 is 5.60 Å². The average Bonchev–Trinajstić information content (AvgIpc) is 3.42. The Morgan fingerprint density at radius 1 is 1.10 bits per heavy atom. The number of aromatic nitrogens is 2. The molecule has 0 aromatic carbocycles. The quantitative estimate of drug-likeness (QED) is 0.635. The Morgan fingerprint density at radius 2 is 2.00 bits per heavy atom. The Balaban J connectivity index is 1.45. The Kier molecular flexibility index (Phi) is 5.33. The second kappa shape index (κ2) is 8.26. The molecular weight excluding hydrogens is 396 g/mol. The molecule has 2 unspecified atom stereocenters. The molecular formula is C23H24N4O2S. The fourth-order valence-corrected chi connectivity index (χ4v) is 5.35. The maximum absolute atomic E-state index is 13.8. The van der Waals surface area contributed by atoms with Crippen molar-refractivity contribution in [2.75, 3.05) is 26.2 Å². The van der Waals surface area contributed by atoms with E-state index in [2.05, 4.69) is 38.4 Å². The van der Waals surface area contributed by atoms with Gasteiger partial charge in [-0.15, -0.1) is 11.3 Å². The van der Waals surface area contributed by atoms with Gasteiger partial charge in [0.25, 0.3) is 5.91 Å². The zero-order chi connectivity index (χ0) is 20.4. The number of amides is 1. The lowest BCUT2D eigenvalue weighted by Gasteiger charge is -2.42. The summed E-state index contributed by atoms with van der Waals surface area (Å²) in [5, 5.41) is 2.10. The lowest BCUT2D eigenvalue weighted by molar-refractivity contribution is -0.173. The molecule has 2 atom stereocenters. The topological polar surface area (TPSA) is 58.6 Å². The highest BCUT2D eigenvalue weighted by atomic mass is 32.1. The van der Waals surface area contributed by atoms with Gasteiger partial charge in [0, 0.05) is 68.3 Å². The molecule has 0 saturated carbocycles. The number of pyridine rings is 2. The molecule has 2 aliphatic heterocycles. The molecule has 6 nitrogen and oxygen atoms in total. The lowest BCUT2D eigenvalue weighted by Crippen LogP contribution is -2.59. The van der Waals surface area contributed by atoms with E-state index in [-0.39, 0.29) is 11.8 Å². The summed E-state index contributed by atoms with van der Waals surface area (Å²) < 4.78 is 6.35. The van der Waals surface area contributed by atoms with Crippen LogP contribution in [0.2, 0.25) is 0 Å². The molecule has 5 heterocycles. The van der Waals surface area contributed by atoms with Crippen molar-refractivity contribution in [1.29, 1.82) is 0 Å². The summed E-state index contributed by atoms with van der Waals surface area (Å²) in [5.41, 5.74) is 1.28. The molecule has 1 amide bonds. The van der Waals surface area contributed by atoms with Gasteiger partial charge in [-0.05, 0) is 40.8 Å². The van der Waals surface area contributed by atoms with Gasteiger partial charge in [0.15, 0.2) is 5.60 Å². The summed E-state index contributed by atoms with van der Waals surface area (Å²) in [5.74, 6) is 0.0343. The third-order valence-corrected chi connectivity index (χ3v) is 6.86. The minimum absolute atomic E-state index is 0.0427. The molecule has 2 saturated heterocycles. The number of ether oxygens (including phenoxy) is 1. The number of carbonyl (C=O) groups is 1. The van der Waals surface area contributed by atoms with E-state index in [0.717, 1.165) is 24.2 Å². The van der Waals surface area contributed by atoms with E-state index in [1.165, 1.54) is 4.88 Å². The fourth-order valence-electron chi connectivity index (χ4n) is 4.60. The van der Waals surface area contributed by atoms with E-state index in [1.807, 2.05) is 29.3 Å². The molecule has 2 aliphatic rings. The largest absolute Gasteiger partial charge is 0.361 e. The van der Waals surface area contributed by atoms with Gasteiger partial charge >= 0.3 is 0 Å². The first-order valence-electron chi connectivity index (χ1n) is 10.2. The summed E-state index contributed by atoms with van der Waals surface area (Å²) in [6.07, 6.45) is 7.19. The Hall–Kier alpha value is -2.61. The third kappa shape index (κ3) is 3.64. The zero-order valence-electron chi connectivity index (χ0n) is 16.7. The van der Waals surface area contributed by atoms with Crippen LogP contribution >= 0.6 is 11.3 Å². The number of rotatable bonds is 5. The number of hydrogen-bond acceptors (Lipinski definition) is 6. The van der Waals surface area contributed by atoms with Crippen LogP contribution in [0.3, 0.4) is 0 Å². The molecule has 30 heavy (non-hydrogen) atoms. The van der Waals surface area contributed by atoms with Gasteiger partial charge in [-0.3, -0.25) is 19.7 Å². The molecule has 1 spiro atoms. The van der Waals surface area contributed by atoms with Crippen LogP contribution < -0.4 is 0 Å². The molecule has 7 heteroatoms. The van der Waals surface area contributed by atoms with E-state index in [4.69, 9.17) is 4.74 Å². The Labute approximate surface area is 180 Å². The molecule has 5 rings (SSSR count). The van der Waals surface area contributed by atoms with Gasteiger partial charge in [0.2, 0.25) is 0 Å². The molecule has 3 aromatic heterocycles. The van der Waals surface area contributed by atoms with Crippen LogP contribution in [0.15, 0.2) is 66.6 Å². The number of carbonyl (C=O) groups excluding carboxylic acids is 1. The van der Waals surface area contributed by atoms with Gasteiger partial charge in [0.05, 0.1) is 6.61 Å². The first-order valence-corrected chi connectivity index (χ1v) is 11.1. The molecule has 0 radical (unpaired) electrons. The number of hydrogen-bond donors (Lipinski definition) is 0. The highest BCUT2D eigenvalue weighted by Gasteiger charge is 2.57. The monoisotopic (exact) mass is 420 g/mol. The minimum atomic E-state index is -0.869. The number of nitrogens with zero attached hydrogens (tertiary/aromatic N) is 4. The van der Waals surface area contributed by atoms with Crippen LogP contribution in [0.1, 0.15) is 21.9 Å². The van der Waals surface area contributed by atoms with Crippen LogP contribution in [-0.2, 0) is 22.6 Å². The summed E-state index contributed by atoms with van der Waals surface area (Å²) >= 11 is 1.75. The molecule has 2 fully saturated rings. The number of thiophene rings is 1. The number of likely N-dealkylation sites (tertiary alicyclic amines) is 1. The van der Waals surface area contributed by atoms with Crippen molar-refractivity contribution in [2.24, 2.45) is 0 Å². The van der Waals surface area contributed by atoms with Crippen LogP contribution in [0.4, 0.5) is 0 Å². The van der Waals surface area contributed by atoms with Gasteiger partial charge < -0.3 is 9.64 Å². The smallest absolute Gasteiger partial charge is 0.257 e. The van der Waals surface area contributed by atoms with E-state index >= 15 is 0 Å². The van der Waals surface area contributed by atoms with Crippen molar-refractivity contribution in [3.05, 3.63) is 82.6 Å². The minimum Gasteiger partial charge on any atom is -0.361 e. The Bertz CT molecular complexity index is 983. The predicted octanol–water partition coefficient (Wildman–Crippen LogP) is 2.94. The second-order valence-electron chi connectivity index (χ2n) is 7.91. The SMILES string of the molecule is O=C1N(Cc2ccncc2)CCOC12CN(Cc1cccs1)CC2c1cccnc1. The molecule has 0 bridgehead atoms. The van der Waals surface area contributed by atoms with Crippen LogP contribution in [0, 0.1) is 0 Å². The summed E-state index contributed by atoms with van der Waals surface area (Å²) in [7, 11) is 0. The second-order valence-corrected chi connectivity index (χ2v) is 8.94. The first-order chi connectivity index (χ1) is 14.7. The maximum Gasteiger partial charge on any atom is 0.257 e. The molecule has 3 aromatic rings. The standard InChI is InChI=1S/C23H24N4O2S/c28-22-23(29-11-10-27(22)14-18-5-8-24-9-6-18)17-26(15-20-4-2-12-30-20)16-21(23)19-3-1-7-25-13-19/h1-9,12-13,21H,10-11,14-17H2. The highest BCUT2D eigenvalue weighted by molar-refractivity contribution is 7.09. The van der Waals surface area contributed by atoms with Crippen molar-refractivity contribution in [2.45, 2.75) is 24.6 Å². The normalized spacial score (nSPS) is 24.6. The van der Waals surface area contributed by atoms with Crippen LogP contribution in [0.25, 0.3) is 0 Å². The Morgan fingerprint density at radius 3 is 2.77 bits per heavy atom. The third-order valence-electron chi connectivity index (χ3n) is 6.00. The van der Waals surface area contributed by atoms with Crippen molar-refractivity contribution in [3.8, 4) is 0 Å². The first kappa shape index (κ1) is 19.4. The van der Waals surface area contributed by atoms with Crippen molar-refractivity contribution >= 4 is 17.2 Å². The predicted molar refractivity (Wildman–Crippen MR) is 115 cm³/mol. The van der Waals surface area contributed by atoms with Gasteiger partial charge in [0.1, 0.15) is 0 Å². The van der Waals surface area contributed by atoms with Gasteiger partial charge in [-0.25, -0.2) is 0 Å². The van der Waals surface area contributed by atoms with Gasteiger partial charge in [-0.2, -0.15) is 0 Å². The molecule has 0 N–H and O–H groups in total. The zero-order valence-corrected chi connectivity index (χ0v) is 17.5. The summed E-state index contributed by atoms with van der Waals surface area (Å²) in [6.45, 7) is 3.93. The number of morpholine rings is 1. The fraction of sp³-hybridized carbons (Fsp3) is 0.348.